The van der Waals surface area contributed by atoms with Crippen LogP contribution in [0.15, 0.2) is 27.1 Å². The van der Waals surface area contributed by atoms with Crippen molar-refractivity contribution in [3.8, 4) is 0 Å². The molecule has 2 rings (SSSR count). The molecule has 0 fully saturated rings. The highest BCUT2D eigenvalue weighted by atomic mass is 79.9. The Morgan fingerprint density at radius 2 is 2.00 bits per heavy atom. The van der Waals surface area contributed by atoms with Crippen LogP contribution in [-0.2, 0) is 6.18 Å². The van der Waals surface area contributed by atoms with Crippen LogP contribution in [0.5, 0.6) is 0 Å². The van der Waals surface area contributed by atoms with E-state index in [4.69, 9.17) is 9.52 Å². The molecule has 102 valence electrons. The summed E-state index contributed by atoms with van der Waals surface area (Å²) < 4.78 is 43.2. The van der Waals surface area contributed by atoms with E-state index in [1.165, 1.54) is 13.1 Å². The second-order valence-electron chi connectivity index (χ2n) is 3.80. The summed E-state index contributed by atoms with van der Waals surface area (Å²) >= 11 is 2.98. The molecular weight excluding hydrogens is 331 g/mol. The van der Waals surface area contributed by atoms with Gasteiger partial charge in [-0.15, -0.1) is 0 Å². The average molecular weight is 338 g/mol. The van der Waals surface area contributed by atoms with Gasteiger partial charge in [-0.1, -0.05) is 0 Å². The van der Waals surface area contributed by atoms with Crippen molar-refractivity contribution >= 4 is 38.9 Å². The van der Waals surface area contributed by atoms with E-state index in [-0.39, 0.29) is 21.3 Å². The normalized spacial score (nSPS) is 11.8. The minimum absolute atomic E-state index is 0.0532. The minimum Gasteiger partial charge on any atom is -0.465 e. The molecule has 0 saturated carbocycles. The van der Waals surface area contributed by atoms with Gasteiger partial charge in [-0.2, -0.15) is 13.2 Å². The topological polar surface area (TPSA) is 53.7 Å². The number of hydrogen-bond acceptors (Lipinski definition) is 2. The van der Waals surface area contributed by atoms with Crippen LogP contribution in [0.1, 0.15) is 5.56 Å². The highest BCUT2D eigenvalue weighted by molar-refractivity contribution is 9.10. The molecule has 0 saturated heterocycles. The number of amides is 1. The van der Waals surface area contributed by atoms with Gasteiger partial charge in [0.05, 0.1) is 10.0 Å². The number of hydrogen-bond donors (Lipinski definition) is 1. The van der Waals surface area contributed by atoms with Crippen LogP contribution in [0.3, 0.4) is 0 Å². The van der Waals surface area contributed by atoms with Gasteiger partial charge in [0, 0.05) is 18.5 Å². The van der Waals surface area contributed by atoms with E-state index in [9.17, 15) is 18.0 Å². The molecule has 8 heteroatoms. The minimum atomic E-state index is -4.48. The molecule has 0 aliphatic carbocycles. The SMILES string of the molecule is CN(C(=O)O)c1cc2cc(C(F)(F)F)cc(Br)c2o1. The first-order chi connectivity index (χ1) is 8.70. The molecule has 0 bridgehead atoms. The molecule has 1 heterocycles. The van der Waals surface area contributed by atoms with Crippen LogP contribution in [0, 0.1) is 0 Å². The van der Waals surface area contributed by atoms with Crippen LogP contribution >= 0.6 is 15.9 Å². The number of carboxylic acid groups (broad SMARTS) is 1. The molecule has 0 unspecified atom stereocenters. The van der Waals surface area contributed by atoms with E-state index in [2.05, 4.69) is 15.9 Å². The molecule has 0 aliphatic heterocycles. The van der Waals surface area contributed by atoms with Gasteiger partial charge < -0.3 is 9.52 Å². The summed E-state index contributed by atoms with van der Waals surface area (Å²) in [7, 11) is 1.23. The number of alkyl halides is 3. The van der Waals surface area contributed by atoms with Gasteiger partial charge in [0.2, 0.25) is 5.88 Å². The average Bonchev–Trinajstić information content (AvgIpc) is 2.70. The predicted molar refractivity (Wildman–Crippen MR) is 65.3 cm³/mol. The number of halogens is 4. The molecule has 1 N–H and O–H groups in total. The lowest BCUT2D eigenvalue weighted by molar-refractivity contribution is -0.137. The van der Waals surface area contributed by atoms with Crippen molar-refractivity contribution in [3.63, 3.8) is 0 Å². The lowest BCUT2D eigenvalue weighted by Crippen LogP contribution is -2.22. The summed E-state index contributed by atoms with van der Waals surface area (Å²) in [4.78, 5) is 11.5. The molecule has 1 aromatic heterocycles. The molecule has 0 atom stereocenters. The number of carbonyl (C=O) groups is 1. The third-order valence-corrected chi connectivity index (χ3v) is 3.09. The van der Waals surface area contributed by atoms with Gasteiger partial charge in [0.25, 0.3) is 0 Å². The summed E-state index contributed by atoms with van der Waals surface area (Å²) in [6, 6.07) is 3.03. The first-order valence-corrected chi connectivity index (χ1v) is 5.76. The Morgan fingerprint density at radius 1 is 1.37 bits per heavy atom. The van der Waals surface area contributed by atoms with Crippen molar-refractivity contribution in [1.29, 1.82) is 0 Å². The number of nitrogens with zero attached hydrogens (tertiary/aromatic N) is 1. The fraction of sp³-hybridized carbons (Fsp3) is 0.182. The standard InChI is InChI=1S/C11H7BrF3NO3/c1-16(10(17)18)8-3-5-2-6(11(13,14)15)4-7(12)9(5)19-8/h2-4H,1H3,(H,17,18). The quantitative estimate of drug-likeness (QED) is 0.842. The zero-order valence-corrected chi connectivity index (χ0v) is 11.0. The monoisotopic (exact) mass is 337 g/mol. The van der Waals surface area contributed by atoms with Crippen LogP contribution in [0.25, 0.3) is 11.0 Å². The van der Waals surface area contributed by atoms with Gasteiger partial charge >= 0.3 is 12.3 Å². The molecule has 19 heavy (non-hydrogen) atoms. The van der Waals surface area contributed by atoms with Crippen LogP contribution < -0.4 is 4.90 Å². The van der Waals surface area contributed by atoms with Gasteiger partial charge in [-0.25, -0.2) is 4.79 Å². The van der Waals surface area contributed by atoms with E-state index < -0.39 is 17.8 Å². The lowest BCUT2D eigenvalue weighted by Gasteiger charge is -2.07. The Morgan fingerprint density at radius 3 is 2.53 bits per heavy atom. The van der Waals surface area contributed by atoms with Gasteiger partial charge in [0.1, 0.15) is 0 Å². The third kappa shape index (κ3) is 2.53. The molecule has 0 radical (unpaired) electrons. The summed E-state index contributed by atoms with van der Waals surface area (Å²) in [5, 5.41) is 8.96. The van der Waals surface area contributed by atoms with E-state index in [1.807, 2.05) is 0 Å². The maximum absolute atomic E-state index is 12.6. The molecule has 4 nitrogen and oxygen atoms in total. The second kappa shape index (κ2) is 4.44. The summed E-state index contributed by atoms with van der Waals surface area (Å²) in [5.41, 5.74) is -0.673. The van der Waals surface area contributed by atoms with Crippen molar-refractivity contribution in [2.24, 2.45) is 0 Å². The van der Waals surface area contributed by atoms with Crippen LogP contribution in [0.4, 0.5) is 23.8 Å². The summed E-state index contributed by atoms with van der Waals surface area (Å²) in [6.45, 7) is 0. The summed E-state index contributed by atoms with van der Waals surface area (Å²) in [6.07, 6.45) is -5.75. The molecule has 0 aliphatic rings. The zero-order chi connectivity index (χ0) is 14.4. The Bertz CT molecular complexity index is 650. The molecular formula is C11H7BrF3NO3. The molecule has 1 amide bonds. The Hall–Kier alpha value is -1.70. The number of benzene rings is 1. The van der Waals surface area contributed by atoms with E-state index in [0.29, 0.717) is 0 Å². The van der Waals surface area contributed by atoms with Crippen LogP contribution in [0.2, 0.25) is 0 Å². The Labute approximate surface area is 113 Å². The van der Waals surface area contributed by atoms with Gasteiger partial charge in [-0.3, -0.25) is 4.90 Å². The smallest absolute Gasteiger partial charge is 0.416 e. The maximum Gasteiger partial charge on any atom is 0.416 e. The van der Waals surface area contributed by atoms with Crippen molar-refractivity contribution in [1.82, 2.24) is 0 Å². The predicted octanol–water partition coefficient (Wildman–Crippen LogP) is 4.33. The first kappa shape index (κ1) is 13.7. The number of furan rings is 1. The fourth-order valence-electron chi connectivity index (χ4n) is 1.52. The van der Waals surface area contributed by atoms with E-state index in [0.717, 1.165) is 17.0 Å². The maximum atomic E-state index is 12.6. The molecule has 2 aromatic rings. The van der Waals surface area contributed by atoms with Crippen molar-refractivity contribution in [2.45, 2.75) is 6.18 Å². The Balaban J connectivity index is 2.60. The fourth-order valence-corrected chi connectivity index (χ4v) is 2.08. The van der Waals surface area contributed by atoms with Crippen LogP contribution in [-0.4, -0.2) is 18.2 Å². The van der Waals surface area contributed by atoms with Crippen molar-refractivity contribution in [3.05, 3.63) is 28.2 Å². The van der Waals surface area contributed by atoms with E-state index >= 15 is 0 Å². The molecule has 1 aromatic carbocycles. The highest BCUT2D eigenvalue weighted by Crippen LogP contribution is 2.37. The highest BCUT2D eigenvalue weighted by Gasteiger charge is 2.32. The number of fused-ring (bicyclic) bond motifs is 1. The lowest BCUT2D eigenvalue weighted by atomic mass is 10.1. The number of rotatable bonds is 1. The zero-order valence-electron chi connectivity index (χ0n) is 9.45. The largest absolute Gasteiger partial charge is 0.465 e. The second-order valence-corrected chi connectivity index (χ2v) is 4.65. The van der Waals surface area contributed by atoms with E-state index in [1.54, 1.807) is 0 Å². The summed E-state index contributed by atoms with van der Waals surface area (Å²) in [5.74, 6) is -0.0532. The Kier molecular flexibility index (Phi) is 3.21. The third-order valence-electron chi connectivity index (χ3n) is 2.50. The van der Waals surface area contributed by atoms with Crippen molar-refractivity contribution < 1.29 is 27.5 Å². The van der Waals surface area contributed by atoms with Crippen molar-refractivity contribution in [2.75, 3.05) is 11.9 Å². The molecule has 0 spiro atoms. The van der Waals surface area contributed by atoms with Gasteiger partial charge in [0.15, 0.2) is 5.58 Å². The van der Waals surface area contributed by atoms with Gasteiger partial charge in [-0.05, 0) is 28.1 Å². The number of anilines is 1. The first-order valence-electron chi connectivity index (χ1n) is 4.97.